The molecule has 0 N–H and O–H groups in total. The van der Waals surface area contributed by atoms with E-state index in [0.717, 1.165) is 38.5 Å². The van der Waals surface area contributed by atoms with E-state index >= 15 is 0 Å². The fourth-order valence-corrected chi connectivity index (χ4v) is 4.20. The third-order valence-corrected chi connectivity index (χ3v) is 6.19. The summed E-state index contributed by atoms with van der Waals surface area (Å²) in [5, 5.41) is 4.51. The summed E-state index contributed by atoms with van der Waals surface area (Å²) in [6, 6.07) is 4.83. The quantitative estimate of drug-likeness (QED) is 0.456. The zero-order valence-electron chi connectivity index (χ0n) is 18.9. The standard InChI is InChI=1S/C24H22F2N6O2/c1-13-14(2)24(30-32-21(33)8-20(22(25)26)29-23(13)32)31-5-4-19-17(12-31)6-15(10-28-19)16-7-18(34-3)11-27-9-16/h6-11,22H,4-5,12H2,1-3H3. The number of methoxy groups -OCH3 is 1. The Labute approximate surface area is 193 Å². The van der Waals surface area contributed by atoms with Gasteiger partial charge in [0.2, 0.25) is 0 Å². The molecule has 4 aromatic rings. The molecule has 5 rings (SSSR count). The number of hydrogen-bond acceptors (Lipinski definition) is 7. The van der Waals surface area contributed by atoms with Crippen molar-refractivity contribution in [2.75, 3.05) is 18.6 Å². The fraction of sp³-hybridized carbons (Fsp3) is 0.292. The lowest BCUT2D eigenvalue weighted by Crippen LogP contribution is -2.34. The molecule has 0 saturated heterocycles. The van der Waals surface area contributed by atoms with Gasteiger partial charge in [0.25, 0.3) is 12.0 Å². The van der Waals surface area contributed by atoms with E-state index in [0.29, 0.717) is 36.6 Å². The van der Waals surface area contributed by atoms with E-state index in [1.807, 2.05) is 19.2 Å². The maximum absolute atomic E-state index is 13.2. The van der Waals surface area contributed by atoms with Crippen molar-refractivity contribution in [2.45, 2.75) is 33.2 Å². The Hall–Kier alpha value is -3.95. The molecular formula is C24H22F2N6O2. The molecule has 0 unspecified atom stereocenters. The molecule has 1 aliphatic heterocycles. The van der Waals surface area contributed by atoms with E-state index in [9.17, 15) is 13.6 Å². The van der Waals surface area contributed by atoms with Crippen molar-refractivity contribution < 1.29 is 13.5 Å². The first-order chi connectivity index (χ1) is 16.4. The van der Waals surface area contributed by atoms with Crippen LogP contribution in [0.4, 0.5) is 14.6 Å². The lowest BCUT2D eigenvalue weighted by molar-refractivity contribution is 0.146. The lowest BCUT2D eigenvalue weighted by Gasteiger charge is -2.31. The first kappa shape index (κ1) is 21.9. The number of nitrogens with zero attached hydrogens (tertiary/aromatic N) is 6. The molecule has 0 atom stereocenters. The van der Waals surface area contributed by atoms with Crippen LogP contribution in [0.1, 0.15) is 34.5 Å². The van der Waals surface area contributed by atoms with Crippen LogP contribution in [0.15, 0.2) is 41.6 Å². The number of pyridine rings is 2. The number of alkyl halides is 2. The second-order valence-electron chi connectivity index (χ2n) is 8.24. The minimum absolute atomic E-state index is 0.149. The van der Waals surface area contributed by atoms with E-state index < -0.39 is 17.7 Å². The monoisotopic (exact) mass is 464 g/mol. The van der Waals surface area contributed by atoms with Crippen molar-refractivity contribution in [3.63, 3.8) is 0 Å². The molecule has 174 valence electrons. The van der Waals surface area contributed by atoms with Crippen molar-refractivity contribution in [3.05, 3.63) is 75.2 Å². The highest BCUT2D eigenvalue weighted by Crippen LogP contribution is 2.30. The van der Waals surface area contributed by atoms with Crippen LogP contribution in [-0.2, 0) is 13.0 Å². The molecule has 0 bridgehead atoms. The number of hydrogen-bond donors (Lipinski definition) is 0. The van der Waals surface area contributed by atoms with E-state index in [1.54, 1.807) is 26.4 Å². The summed E-state index contributed by atoms with van der Waals surface area (Å²) in [5.74, 6) is 1.29. The fourth-order valence-electron chi connectivity index (χ4n) is 4.20. The van der Waals surface area contributed by atoms with Crippen molar-refractivity contribution >= 4 is 11.5 Å². The first-order valence-corrected chi connectivity index (χ1v) is 10.8. The third kappa shape index (κ3) is 3.74. The van der Waals surface area contributed by atoms with E-state index in [2.05, 4.69) is 31.0 Å². The van der Waals surface area contributed by atoms with Crippen LogP contribution in [0.5, 0.6) is 5.75 Å². The SMILES string of the molecule is COc1cncc(-c2cnc3c(c2)CN(c2nn4c(=O)cc(C(F)F)nc4c(C)c2C)CC3)c1. The number of ether oxygens (including phenoxy) is 1. The largest absolute Gasteiger partial charge is 0.495 e. The van der Waals surface area contributed by atoms with Crippen molar-refractivity contribution in [2.24, 2.45) is 0 Å². The molecule has 34 heavy (non-hydrogen) atoms. The van der Waals surface area contributed by atoms with Gasteiger partial charge in [-0.15, -0.1) is 5.10 Å². The average molecular weight is 464 g/mol. The van der Waals surface area contributed by atoms with Crippen LogP contribution in [0.2, 0.25) is 0 Å². The third-order valence-electron chi connectivity index (χ3n) is 6.19. The highest BCUT2D eigenvalue weighted by molar-refractivity contribution is 5.65. The van der Waals surface area contributed by atoms with Gasteiger partial charge in [-0.05, 0) is 31.5 Å². The Bertz CT molecular complexity index is 1470. The van der Waals surface area contributed by atoms with Gasteiger partial charge in [0, 0.05) is 65.9 Å². The van der Waals surface area contributed by atoms with E-state index in [-0.39, 0.29) is 5.65 Å². The van der Waals surface area contributed by atoms with Crippen molar-refractivity contribution in [3.8, 4) is 16.9 Å². The molecular weight excluding hydrogens is 442 g/mol. The number of aryl methyl sites for hydroxylation is 1. The maximum Gasteiger partial charge on any atom is 0.280 e. The van der Waals surface area contributed by atoms with Gasteiger partial charge in [-0.3, -0.25) is 14.8 Å². The minimum Gasteiger partial charge on any atom is -0.495 e. The Morgan fingerprint density at radius 2 is 1.85 bits per heavy atom. The molecule has 0 fully saturated rings. The van der Waals surface area contributed by atoms with Gasteiger partial charge < -0.3 is 9.64 Å². The summed E-state index contributed by atoms with van der Waals surface area (Å²) < 4.78 is 32.7. The highest BCUT2D eigenvalue weighted by atomic mass is 19.3. The van der Waals surface area contributed by atoms with E-state index in [4.69, 9.17) is 4.74 Å². The molecule has 4 aromatic heterocycles. The van der Waals surface area contributed by atoms with Gasteiger partial charge in [-0.2, -0.15) is 4.52 Å². The predicted molar refractivity (Wildman–Crippen MR) is 122 cm³/mol. The van der Waals surface area contributed by atoms with Gasteiger partial charge in [0.1, 0.15) is 11.4 Å². The molecule has 0 aliphatic carbocycles. The van der Waals surface area contributed by atoms with Crippen LogP contribution in [0.3, 0.4) is 0 Å². The van der Waals surface area contributed by atoms with E-state index in [1.165, 1.54) is 0 Å². The van der Waals surface area contributed by atoms with Crippen molar-refractivity contribution in [1.82, 2.24) is 24.6 Å². The summed E-state index contributed by atoms with van der Waals surface area (Å²) in [4.78, 5) is 27.5. The molecule has 8 nitrogen and oxygen atoms in total. The molecule has 0 radical (unpaired) electrons. The number of fused-ring (bicyclic) bond motifs is 2. The summed E-state index contributed by atoms with van der Waals surface area (Å²) in [6.07, 6.45) is 3.13. The van der Waals surface area contributed by atoms with Crippen LogP contribution in [-0.4, -0.2) is 38.2 Å². The van der Waals surface area contributed by atoms with Crippen LogP contribution >= 0.6 is 0 Å². The van der Waals surface area contributed by atoms with Crippen LogP contribution in [0, 0.1) is 13.8 Å². The van der Waals surface area contributed by atoms with Gasteiger partial charge in [0.05, 0.1) is 13.3 Å². The van der Waals surface area contributed by atoms with Gasteiger partial charge in [-0.1, -0.05) is 0 Å². The normalized spacial score (nSPS) is 13.4. The molecule has 10 heteroatoms. The molecule has 0 spiro atoms. The topological polar surface area (TPSA) is 85.5 Å². The number of anilines is 1. The Morgan fingerprint density at radius 3 is 2.62 bits per heavy atom. The second-order valence-corrected chi connectivity index (χ2v) is 8.24. The molecule has 0 saturated carbocycles. The Kier molecular flexibility index (Phi) is 5.43. The number of aromatic nitrogens is 5. The van der Waals surface area contributed by atoms with Gasteiger partial charge >= 0.3 is 0 Å². The summed E-state index contributed by atoms with van der Waals surface area (Å²) >= 11 is 0. The maximum atomic E-state index is 13.2. The van der Waals surface area contributed by atoms with Gasteiger partial charge in [0.15, 0.2) is 11.5 Å². The zero-order valence-corrected chi connectivity index (χ0v) is 18.9. The van der Waals surface area contributed by atoms with Crippen LogP contribution < -0.4 is 15.2 Å². The summed E-state index contributed by atoms with van der Waals surface area (Å²) in [6.45, 7) is 4.84. The van der Waals surface area contributed by atoms with Crippen LogP contribution in [0.25, 0.3) is 16.8 Å². The average Bonchev–Trinajstić information content (AvgIpc) is 2.85. The first-order valence-electron chi connectivity index (χ1n) is 10.8. The van der Waals surface area contributed by atoms with Gasteiger partial charge in [-0.25, -0.2) is 13.8 Å². The minimum atomic E-state index is -2.82. The lowest BCUT2D eigenvalue weighted by atomic mass is 10.0. The second kappa shape index (κ2) is 8.44. The smallest absolute Gasteiger partial charge is 0.280 e. The molecule has 5 heterocycles. The Balaban J connectivity index is 1.54. The summed E-state index contributed by atoms with van der Waals surface area (Å²) in [5.41, 5.74) is 4.29. The zero-order chi connectivity index (χ0) is 24.0. The number of rotatable bonds is 4. The molecule has 0 aromatic carbocycles. The highest BCUT2D eigenvalue weighted by Gasteiger charge is 2.24. The summed E-state index contributed by atoms with van der Waals surface area (Å²) in [7, 11) is 1.60. The molecule has 0 amide bonds. The molecule has 1 aliphatic rings. The Morgan fingerprint density at radius 1 is 1.06 bits per heavy atom. The number of halogens is 2. The predicted octanol–water partition coefficient (Wildman–Crippen LogP) is 3.67. The van der Waals surface area contributed by atoms with Crippen molar-refractivity contribution in [1.29, 1.82) is 0 Å².